The molecule has 70 heavy (non-hydrogen) atoms. The Morgan fingerprint density at radius 1 is 0.543 bits per heavy atom. The molecular formula is C64H55BN2O2S. The van der Waals surface area contributed by atoms with Crippen LogP contribution in [0.5, 0.6) is 0 Å². The van der Waals surface area contributed by atoms with E-state index < -0.39 is 0 Å². The molecule has 6 heteroatoms. The summed E-state index contributed by atoms with van der Waals surface area (Å²) in [6, 6.07) is 49.2. The molecule has 3 aliphatic rings. The van der Waals surface area contributed by atoms with E-state index in [0.29, 0.717) is 0 Å². The zero-order valence-electron chi connectivity index (χ0n) is 41.7. The molecule has 342 valence electrons. The van der Waals surface area contributed by atoms with E-state index in [1.54, 1.807) is 0 Å². The molecule has 4 aromatic heterocycles. The van der Waals surface area contributed by atoms with E-state index in [1.807, 2.05) is 11.3 Å². The predicted molar refractivity (Wildman–Crippen MR) is 300 cm³/mol. The monoisotopic (exact) mass is 926 g/mol. The minimum absolute atomic E-state index is 0.00426. The number of rotatable bonds is 1. The fourth-order valence-corrected chi connectivity index (χ4v) is 14.3. The van der Waals surface area contributed by atoms with Gasteiger partial charge in [-0.15, -0.1) is 11.3 Å². The highest BCUT2D eigenvalue weighted by Gasteiger charge is 2.47. The molecule has 0 bridgehead atoms. The van der Waals surface area contributed by atoms with Gasteiger partial charge in [0.2, 0.25) is 0 Å². The highest BCUT2D eigenvalue weighted by molar-refractivity contribution is 7.26. The van der Waals surface area contributed by atoms with Crippen molar-refractivity contribution in [2.45, 2.75) is 104 Å². The largest absolute Gasteiger partial charge is 0.456 e. The summed E-state index contributed by atoms with van der Waals surface area (Å²) in [5.74, 6) is 0. The second-order valence-corrected chi connectivity index (χ2v) is 25.4. The first-order valence-electron chi connectivity index (χ1n) is 25.3. The Balaban J connectivity index is 1.16. The van der Waals surface area contributed by atoms with Gasteiger partial charge in [-0.1, -0.05) is 130 Å². The van der Waals surface area contributed by atoms with Crippen molar-refractivity contribution in [3.8, 4) is 16.8 Å². The topological polar surface area (TPSA) is 34.5 Å². The van der Waals surface area contributed by atoms with Crippen LogP contribution < -0.4 is 15.7 Å². The summed E-state index contributed by atoms with van der Waals surface area (Å²) in [4.78, 5) is 2.70. The van der Waals surface area contributed by atoms with Crippen LogP contribution in [-0.2, 0) is 21.7 Å². The van der Waals surface area contributed by atoms with Gasteiger partial charge in [0, 0.05) is 69.7 Å². The molecule has 0 radical (unpaired) electrons. The van der Waals surface area contributed by atoms with Gasteiger partial charge in [-0.05, 0) is 140 Å². The molecule has 0 unspecified atom stereocenters. The lowest BCUT2D eigenvalue weighted by atomic mass is 9.43. The summed E-state index contributed by atoms with van der Waals surface area (Å²) in [6.45, 7) is 23.4. The molecule has 6 heterocycles. The molecule has 4 nitrogen and oxygen atoms in total. The van der Waals surface area contributed by atoms with Crippen LogP contribution in [-0.4, -0.2) is 11.4 Å². The summed E-state index contributed by atoms with van der Waals surface area (Å²) < 4.78 is 19.7. The standard InChI is InChI=1S/C64H55BN2O2S/c1-61(2,3)34-19-22-36(23-20-34)67-48-30-40-39-28-44-45(64(9,10)26-25-63(44,7)8)32-52(39)68-51(40)31-43(48)55-56-38-16-11-13-17-50(38)69-60(56)57-42-27-35(62(4,5)6)21-24-47(42)66-49-33-54-41(37-15-12-14-18-53(37)70-54)29-46(49)65(67)58(55)59(57)66/h11-24,27-33H,25-26H2,1-10H3. The minimum Gasteiger partial charge on any atom is -0.456 e. The molecule has 0 N–H and O–H groups in total. The van der Waals surface area contributed by atoms with E-state index in [2.05, 4.69) is 206 Å². The molecule has 0 amide bonds. The summed E-state index contributed by atoms with van der Waals surface area (Å²) in [5.41, 5.74) is 20.3. The molecule has 1 aliphatic carbocycles. The number of nitrogens with zero attached hydrogens (tertiary/aromatic N) is 2. The second-order valence-electron chi connectivity index (χ2n) is 24.3. The van der Waals surface area contributed by atoms with Crippen molar-refractivity contribution >= 4 is 126 Å². The van der Waals surface area contributed by atoms with E-state index in [0.717, 1.165) is 45.9 Å². The first-order valence-corrected chi connectivity index (χ1v) is 26.1. The van der Waals surface area contributed by atoms with Gasteiger partial charge in [0.15, 0.2) is 0 Å². The number of hydrogen-bond acceptors (Lipinski definition) is 4. The van der Waals surface area contributed by atoms with Gasteiger partial charge in [-0.2, -0.15) is 0 Å². The maximum absolute atomic E-state index is 7.29. The molecule has 0 fully saturated rings. The highest BCUT2D eigenvalue weighted by atomic mass is 32.1. The van der Waals surface area contributed by atoms with Crippen LogP contribution in [0.4, 0.5) is 11.4 Å². The summed E-state index contributed by atoms with van der Waals surface area (Å²) >= 11 is 1.90. The third-order valence-corrected chi connectivity index (χ3v) is 18.3. The predicted octanol–water partition coefficient (Wildman–Crippen LogP) is 17.1. The Morgan fingerprint density at radius 3 is 1.97 bits per heavy atom. The average molecular weight is 927 g/mol. The molecule has 0 spiro atoms. The maximum atomic E-state index is 7.29. The number of hydrogen-bond donors (Lipinski definition) is 0. The van der Waals surface area contributed by atoms with Crippen LogP contribution in [0.1, 0.15) is 104 Å². The van der Waals surface area contributed by atoms with Gasteiger partial charge in [0.1, 0.15) is 22.3 Å². The van der Waals surface area contributed by atoms with Gasteiger partial charge < -0.3 is 18.2 Å². The number of aromatic nitrogens is 1. The summed E-state index contributed by atoms with van der Waals surface area (Å²) in [5, 5.41) is 9.69. The van der Waals surface area contributed by atoms with Gasteiger partial charge in [0.05, 0.1) is 16.4 Å². The number of anilines is 2. The van der Waals surface area contributed by atoms with E-state index in [1.165, 1.54) is 114 Å². The van der Waals surface area contributed by atoms with Crippen molar-refractivity contribution in [1.82, 2.24) is 4.57 Å². The lowest BCUT2D eigenvalue weighted by Gasteiger charge is -2.42. The Morgan fingerprint density at radius 2 is 1.21 bits per heavy atom. The first kappa shape index (κ1) is 41.1. The minimum atomic E-state index is -0.177. The van der Waals surface area contributed by atoms with Crippen LogP contribution in [0.25, 0.3) is 103 Å². The third kappa shape index (κ3) is 5.28. The van der Waals surface area contributed by atoms with E-state index in [9.17, 15) is 0 Å². The molecule has 12 aromatic rings. The third-order valence-electron chi connectivity index (χ3n) is 17.1. The number of fused-ring (bicyclic) bond motifs is 20. The number of thiophene rings is 1. The molecule has 0 saturated carbocycles. The summed E-state index contributed by atoms with van der Waals surface area (Å²) in [6.07, 6.45) is 2.31. The van der Waals surface area contributed by atoms with Gasteiger partial charge in [-0.25, -0.2) is 0 Å². The summed E-state index contributed by atoms with van der Waals surface area (Å²) in [7, 11) is 0. The van der Waals surface area contributed by atoms with E-state index in [4.69, 9.17) is 8.83 Å². The van der Waals surface area contributed by atoms with Crippen LogP contribution in [0.15, 0.2) is 136 Å². The average Bonchev–Trinajstić information content (AvgIpc) is 4.09. The van der Waals surface area contributed by atoms with Crippen molar-refractivity contribution in [2.75, 3.05) is 4.81 Å². The Bertz CT molecular complexity index is 4330. The Labute approximate surface area is 412 Å². The number of benzene rings is 8. The van der Waals surface area contributed by atoms with Gasteiger partial charge >= 0.3 is 6.85 Å². The van der Waals surface area contributed by atoms with Crippen molar-refractivity contribution < 1.29 is 8.83 Å². The lowest BCUT2D eigenvalue weighted by molar-refractivity contribution is 0.332. The van der Waals surface area contributed by atoms with Crippen molar-refractivity contribution in [3.05, 3.63) is 150 Å². The van der Waals surface area contributed by atoms with Crippen molar-refractivity contribution in [2.24, 2.45) is 0 Å². The quantitative estimate of drug-likeness (QED) is 0.154. The Kier molecular flexibility index (Phi) is 7.72. The molecular weight excluding hydrogens is 872 g/mol. The van der Waals surface area contributed by atoms with E-state index >= 15 is 0 Å². The number of para-hydroxylation sites is 1. The van der Waals surface area contributed by atoms with Crippen molar-refractivity contribution in [3.63, 3.8) is 0 Å². The molecule has 8 aromatic carbocycles. The smallest absolute Gasteiger partial charge is 0.333 e. The van der Waals surface area contributed by atoms with Crippen LogP contribution in [0.2, 0.25) is 0 Å². The van der Waals surface area contributed by atoms with Crippen LogP contribution in [0.3, 0.4) is 0 Å². The van der Waals surface area contributed by atoms with Gasteiger partial charge in [-0.3, -0.25) is 0 Å². The fourth-order valence-electron chi connectivity index (χ4n) is 13.2. The maximum Gasteiger partial charge on any atom is 0.333 e. The first-order chi connectivity index (χ1) is 33.4. The zero-order valence-corrected chi connectivity index (χ0v) is 42.6. The van der Waals surface area contributed by atoms with Gasteiger partial charge in [0.25, 0.3) is 0 Å². The van der Waals surface area contributed by atoms with Crippen molar-refractivity contribution in [1.29, 1.82) is 0 Å². The lowest BCUT2D eigenvalue weighted by Crippen LogP contribution is -2.60. The molecule has 2 aliphatic heterocycles. The normalized spacial score (nSPS) is 16.2. The zero-order chi connectivity index (χ0) is 47.7. The highest BCUT2D eigenvalue weighted by Crippen LogP contribution is 2.55. The SMILES string of the molecule is CC(C)(C)c1ccc(N2B3c4cc5c(cc4-n4c6ccc(C(C)(C)C)cc6c6c7oc8ccccc8c7c(c3c64)-c3cc4oc6cc7c(cc6c4cc32)C(C)(C)CCC7(C)C)sc2ccccc25)cc1. The molecule has 15 rings (SSSR count). The Hall–Kier alpha value is -6.76. The number of furan rings is 2. The van der Waals surface area contributed by atoms with E-state index in [-0.39, 0.29) is 28.5 Å². The fraction of sp³-hybridized carbons (Fsp3) is 0.250. The van der Waals surface area contributed by atoms with Crippen LogP contribution >= 0.6 is 11.3 Å². The molecule has 0 atom stereocenters. The molecule has 0 saturated heterocycles. The second kappa shape index (κ2) is 13.2. The van der Waals surface area contributed by atoms with Crippen LogP contribution in [0, 0.1) is 0 Å².